The van der Waals surface area contributed by atoms with E-state index in [1.165, 1.54) is 4.90 Å². The van der Waals surface area contributed by atoms with Crippen LogP contribution in [0.2, 0.25) is 5.02 Å². The zero-order valence-electron chi connectivity index (χ0n) is 11.7. The number of imide groups is 1. The summed E-state index contributed by atoms with van der Waals surface area (Å²) in [6, 6.07) is 5.08. The molecule has 1 aromatic rings. The van der Waals surface area contributed by atoms with Gasteiger partial charge in [0, 0.05) is 17.4 Å². The highest BCUT2D eigenvalue weighted by molar-refractivity contribution is 9.10. The SMILES string of the molecule is CC(C)(C)C1CC(=O)N(C(=O)c2cc(Br)ccc2Cl)C1. The van der Waals surface area contributed by atoms with E-state index in [2.05, 4.69) is 36.7 Å². The van der Waals surface area contributed by atoms with Crippen LogP contribution in [-0.2, 0) is 4.79 Å². The second kappa shape index (κ2) is 5.49. The van der Waals surface area contributed by atoms with E-state index in [0.29, 0.717) is 23.6 Å². The maximum atomic E-state index is 12.5. The van der Waals surface area contributed by atoms with Crippen molar-refractivity contribution in [3.05, 3.63) is 33.3 Å². The molecule has 0 radical (unpaired) electrons. The fourth-order valence-corrected chi connectivity index (χ4v) is 2.85. The summed E-state index contributed by atoms with van der Waals surface area (Å²) in [7, 11) is 0. The van der Waals surface area contributed by atoms with E-state index in [4.69, 9.17) is 11.6 Å². The number of nitrogens with zero attached hydrogens (tertiary/aromatic N) is 1. The van der Waals surface area contributed by atoms with E-state index < -0.39 is 0 Å². The third-order valence-corrected chi connectivity index (χ3v) is 4.58. The number of hydrogen-bond acceptors (Lipinski definition) is 2. The van der Waals surface area contributed by atoms with E-state index >= 15 is 0 Å². The number of amides is 2. The van der Waals surface area contributed by atoms with Gasteiger partial charge in [0.15, 0.2) is 0 Å². The molecule has 0 bridgehead atoms. The van der Waals surface area contributed by atoms with Crippen molar-refractivity contribution < 1.29 is 9.59 Å². The van der Waals surface area contributed by atoms with Crippen LogP contribution >= 0.6 is 27.5 Å². The number of halogens is 2. The minimum absolute atomic E-state index is 0.00571. The first-order valence-corrected chi connectivity index (χ1v) is 7.67. The van der Waals surface area contributed by atoms with Gasteiger partial charge in [0.05, 0.1) is 10.6 Å². The summed E-state index contributed by atoms with van der Waals surface area (Å²) in [5.41, 5.74) is 0.370. The average Bonchev–Trinajstić information content (AvgIpc) is 2.73. The van der Waals surface area contributed by atoms with E-state index in [0.717, 1.165) is 4.47 Å². The molecule has 0 N–H and O–H groups in total. The number of likely N-dealkylation sites (tertiary alicyclic amines) is 1. The molecule has 5 heteroatoms. The Hall–Kier alpha value is -0.870. The number of hydrogen-bond donors (Lipinski definition) is 0. The summed E-state index contributed by atoms with van der Waals surface area (Å²) in [5, 5.41) is 0.366. The predicted octanol–water partition coefficient (Wildman–Crippen LogP) is 4.14. The van der Waals surface area contributed by atoms with Crippen molar-refractivity contribution in [2.24, 2.45) is 11.3 Å². The molecule has 0 saturated carbocycles. The Morgan fingerprint density at radius 1 is 1.40 bits per heavy atom. The first-order valence-electron chi connectivity index (χ1n) is 6.50. The molecule has 1 atom stereocenters. The molecular weight excluding hydrogens is 342 g/mol. The average molecular weight is 359 g/mol. The lowest BCUT2D eigenvalue weighted by molar-refractivity contribution is -0.125. The monoisotopic (exact) mass is 357 g/mol. The fraction of sp³-hybridized carbons (Fsp3) is 0.467. The van der Waals surface area contributed by atoms with Crippen molar-refractivity contribution in [1.82, 2.24) is 4.90 Å². The van der Waals surface area contributed by atoms with Crippen molar-refractivity contribution in [3.63, 3.8) is 0 Å². The van der Waals surface area contributed by atoms with Crippen molar-refractivity contribution in [3.8, 4) is 0 Å². The van der Waals surface area contributed by atoms with Gasteiger partial charge in [-0.15, -0.1) is 0 Å². The highest BCUT2D eigenvalue weighted by Crippen LogP contribution is 2.35. The number of carbonyl (C=O) groups excluding carboxylic acids is 2. The molecule has 1 heterocycles. The zero-order valence-corrected chi connectivity index (χ0v) is 14.1. The topological polar surface area (TPSA) is 37.4 Å². The van der Waals surface area contributed by atoms with Gasteiger partial charge in [0.2, 0.25) is 5.91 Å². The molecule has 1 aliphatic heterocycles. The normalized spacial score (nSPS) is 19.6. The third-order valence-electron chi connectivity index (χ3n) is 3.75. The molecule has 3 nitrogen and oxygen atoms in total. The van der Waals surface area contributed by atoms with E-state index in [-0.39, 0.29) is 23.1 Å². The van der Waals surface area contributed by atoms with Gasteiger partial charge in [-0.3, -0.25) is 14.5 Å². The third kappa shape index (κ3) is 3.07. The lowest BCUT2D eigenvalue weighted by atomic mass is 9.80. The van der Waals surface area contributed by atoms with Crippen LogP contribution in [0.25, 0.3) is 0 Å². The van der Waals surface area contributed by atoms with E-state index in [1.807, 2.05) is 0 Å². The predicted molar refractivity (Wildman–Crippen MR) is 82.8 cm³/mol. The lowest BCUT2D eigenvalue weighted by Gasteiger charge is -2.26. The molecule has 0 spiro atoms. The molecule has 0 aliphatic carbocycles. The standard InChI is InChI=1S/C15H17BrClNO2/c1-15(2,3)9-6-13(19)18(8-9)14(20)11-7-10(16)4-5-12(11)17/h4-5,7,9H,6,8H2,1-3H3. The van der Waals surface area contributed by atoms with Crippen LogP contribution in [0.3, 0.4) is 0 Å². The van der Waals surface area contributed by atoms with Crippen molar-refractivity contribution in [1.29, 1.82) is 0 Å². The largest absolute Gasteiger partial charge is 0.278 e. The van der Waals surface area contributed by atoms with Crippen LogP contribution in [-0.4, -0.2) is 23.3 Å². The minimum Gasteiger partial charge on any atom is -0.278 e. The van der Waals surface area contributed by atoms with Crippen LogP contribution in [0.5, 0.6) is 0 Å². The molecule has 1 unspecified atom stereocenters. The van der Waals surface area contributed by atoms with Gasteiger partial charge in [0.25, 0.3) is 5.91 Å². The molecule has 2 rings (SSSR count). The Kier molecular flexibility index (Phi) is 4.26. The fourth-order valence-electron chi connectivity index (χ4n) is 2.29. The second-order valence-electron chi connectivity index (χ2n) is 6.20. The lowest BCUT2D eigenvalue weighted by Crippen LogP contribution is -2.33. The smallest absolute Gasteiger partial charge is 0.262 e. The molecule has 1 aromatic carbocycles. The van der Waals surface area contributed by atoms with Gasteiger partial charge in [-0.1, -0.05) is 48.3 Å². The number of rotatable bonds is 1. The summed E-state index contributed by atoms with van der Waals surface area (Å²) >= 11 is 9.38. The van der Waals surface area contributed by atoms with E-state index in [1.54, 1.807) is 18.2 Å². The van der Waals surface area contributed by atoms with Gasteiger partial charge in [-0.2, -0.15) is 0 Å². The van der Waals surface area contributed by atoms with E-state index in [9.17, 15) is 9.59 Å². The Morgan fingerprint density at radius 2 is 2.05 bits per heavy atom. The van der Waals surface area contributed by atoms with Crippen molar-refractivity contribution >= 4 is 39.3 Å². The molecular formula is C15H17BrClNO2. The molecule has 2 amide bonds. The zero-order chi connectivity index (χ0) is 15.1. The number of benzene rings is 1. The molecule has 0 aromatic heterocycles. The Labute approximate surface area is 132 Å². The van der Waals surface area contributed by atoms with Gasteiger partial charge in [-0.25, -0.2) is 0 Å². The Morgan fingerprint density at radius 3 is 2.60 bits per heavy atom. The van der Waals surface area contributed by atoms with Gasteiger partial charge in [-0.05, 0) is 29.5 Å². The molecule has 1 saturated heterocycles. The maximum absolute atomic E-state index is 12.5. The van der Waals surface area contributed by atoms with Crippen LogP contribution in [0, 0.1) is 11.3 Å². The quantitative estimate of drug-likeness (QED) is 0.708. The molecule has 1 aliphatic rings. The number of carbonyl (C=O) groups is 2. The van der Waals surface area contributed by atoms with Gasteiger partial charge >= 0.3 is 0 Å². The maximum Gasteiger partial charge on any atom is 0.262 e. The summed E-state index contributed by atoms with van der Waals surface area (Å²) in [4.78, 5) is 25.9. The summed E-state index contributed by atoms with van der Waals surface area (Å²) < 4.78 is 0.768. The molecule has 20 heavy (non-hydrogen) atoms. The minimum atomic E-state index is -0.312. The highest BCUT2D eigenvalue weighted by atomic mass is 79.9. The van der Waals surface area contributed by atoms with Crippen LogP contribution in [0.15, 0.2) is 22.7 Å². The Balaban J connectivity index is 2.26. The van der Waals surface area contributed by atoms with Crippen molar-refractivity contribution in [2.45, 2.75) is 27.2 Å². The summed E-state index contributed by atoms with van der Waals surface area (Å²) in [5.74, 6) is -0.246. The molecule has 108 valence electrons. The first kappa shape index (κ1) is 15.5. The van der Waals surface area contributed by atoms with Crippen LogP contribution < -0.4 is 0 Å². The Bertz CT molecular complexity index is 565. The van der Waals surface area contributed by atoms with Crippen LogP contribution in [0.4, 0.5) is 0 Å². The van der Waals surface area contributed by atoms with Gasteiger partial charge in [0.1, 0.15) is 0 Å². The summed E-state index contributed by atoms with van der Waals surface area (Å²) in [6.45, 7) is 6.73. The van der Waals surface area contributed by atoms with Crippen LogP contribution in [0.1, 0.15) is 37.6 Å². The van der Waals surface area contributed by atoms with Gasteiger partial charge < -0.3 is 0 Å². The second-order valence-corrected chi connectivity index (χ2v) is 7.52. The highest BCUT2D eigenvalue weighted by Gasteiger charge is 2.40. The molecule has 1 fully saturated rings. The van der Waals surface area contributed by atoms with Crippen molar-refractivity contribution in [2.75, 3.05) is 6.54 Å². The first-order chi connectivity index (χ1) is 9.20. The summed E-state index contributed by atoms with van der Waals surface area (Å²) in [6.07, 6.45) is 0.418.